The molecule has 2 rings (SSSR count). The first-order valence-corrected chi connectivity index (χ1v) is 7.18. The highest BCUT2D eigenvalue weighted by Crippen LogP contribution is 2.41. The van der Waals surface area contributed by atoms with Crippen LogP contribution in [0.3, 0.4) is 0 Å². The first-order valence-electron chi connectivity index (χ1n) is 7.18. The van der Waals surface area contributed by atoms with Gasteiger partial charge in [0.2, 0.25) is 5.91 Å². The average Bonchev–Trinajstić information content (AvgIpc) is 3.20. The fourth-order valence-corrected chi connectivity index (χ4v) is 2.47. The topological polar surface area (TPSA) is 55.1 Å². The van der Waals surface area contributed by atoms with Gasteiger partial charge in [-0.25, -0.2) is 0 Å². The van der Waals surface area contributed by atoms with Crippen LogP contribution in [-0.4, -0.2) is 12.5 Å². The maximum absolute atomic E-state index is 11.5. The van der Waals surface area contributed by atoms with E-state index < -0.39 is 0 Å². The molecule has 0 spiro atoms. The van der Waals surface area contributed by atoms with Crippen LogP contribution in [0, 0.1) is 11.8 Å². The molecule has 1 aromatic carbocycles. The van der Waals surface area contributed by atoms with Gasteiger partial charge in [0.05, 0.1) is 12.6 Å². The predicted octanol–water partition coefficient (Wildman–Crippen LogP) is 2.41. The van der Waals surface area contributed by atoms with Crippen LogP contribution in [0.25, 0.3) is 0 Å². The number of carbonyl (C=O) groups excluding carboxylic acids is 1. The van der Waals surface area contributed by atoms with Crippen LogP contribution < -0.4 is 11.1 Å². The average molecular weight is 260 g/mol. The quantitative estimate of drug-likeness (QED) is 0.825. The zero-order valence-corrected chi connectivity index (χ0v) is 11.9. The molecule has 1 amide bonds. The molecule has 1 atom stereocenters. The molecule has 0 radical (unpaired) electrons. The van der Waals surface area contributed by atoms with Gasteiger partial charge in [-0.3, -0.25) is 4.79 Å². The predicted molar refractivity (Wildman–Crippen MR) is 77.6 cm³/mol. The third-order valence-electron chi connectivity index (χ3n) is 3.58. The highest BCUT2D eigenvalue weighted by atomic mass is 16.1. The molecule has 3 N–H and O–H groups in total. The van der Waals surface area contributed by atoms with E-state index in [1.165, 1.54) is 24.0 Å². The van der Waals surface area contributed by atoms with Crippen LogP contribution in [-0.2, 0) is 11.2 Å². The Hall–Kier alpha value is -1.35. The fourth-order valence-electron chi connectivity index (χ4n) is 2.47. The molecule has 0 bridgehead atoms. The summed E-state index contributed by atoms with van der Waals surface area (Å²) in [5.41, 5.74) is 7.95. The number of hydrogen-bond donors (Lipinski definition) is 2. The minimum atomic E-state index is -0.0665. The van der Waals surface area contributed by atoms with Gasteiger partial charge >= 0.3 is 0 Å². The van der Waals surface area contributed by atoms with Crippen molar-refractivity contribution in [1.29, 1.82) is 0 Å². The molecule has 0 aromatic heterocycles. The van der Waals surface area contributed by atoms with Crippen molar-refractivity contribution in [3.8, 4) is 0 Å². The maximum atomic E-state index is 11.5. The number of nitrogens with one attached hydrogen (secondary N) is 1. The monoisotopic (exact) mass is 260 g/mol. The van der Waals surface area contributed by atoms with E-state index in [1.807, 2.05) is 0 Å². The molecule has 1 unspecified atom stereocenters. The minimum absolute atomic E-state index is 0.0641. The number of benzene rings is 1. The minimum Gasteiger partial charge on any atom is -0.348 e. The summed E-state index contributed by atoms with van der Waals surface area (Å²) in [5, 5.41) is 3.04. The van der Waals surface area contributed by atoms with E-state index in [2.05, 4.69) is 43.4 Å². The van der Waals surface area contributed by atoms with E-state index in [0.717, 1.165) is 6.42 Å². The van der Waals surface area contributed by atoms with Crippen molar-refractivity contribution in [1.82, 2.24) is 5.32 Å². The standard InChI is InChI=1S/C16H24N2O/c1-11(2)9-12-3-5-13(6-4-12)16(14-7-8-14)18-15(19)10-17/h3-6,11,14,16H,7-10,17H2,1-2H3,(H,18,19). The van der Waals surface area contributed by atoms with E-state index in [4.69, 9.17) is 5.73 Å². The summed E-state index contributed by atoms with van der Waals surface area (Å²) in [4.78, 5) is 11.5. The zero-order valence-electron chi connectivity index (χ0n) is 11.9. The van der Waals surface area contributed by atoms with Crippen molar-refractivity contribution in [2.45, 2.75) is 39.2 Å². The fraction of sp³-hybridized carbons (Fsp3) is 0.562. The highest BCUT2D eigenvalue weighted by molar-refractivity contribution is 5.78. The SMILES string of the molecule is CC(C)Cc1ccc(C(NC(=O)CN)C2CC2)cc1. The Kier molecular flexibility index (Phi) is 4.59. The Bertz CT molecular complexity index is 421. The first-order chi connectivity index (χ1) is 9.10. The van der Waals surface area contributed by atoms with Crippen LogP contribution in [0.5, 0.6) is 0 Å². The van der Waals surface area contributed by atoms with Gasteiger partial charge in [0.25, 0.3) is 0 Å². The molecule has 19 heavy (non-hydrogen) atoms. The van der Waals surface area contributed by atoms with Gasteiger partial charge in [-0.05, 0) is 42.2 Å². The van der Waals surface area contributed by atoms with E-state index in [9.17, 15) is 4.79 Å². The number of carbonyl (C=O) groups is 1. The number of amides is 1. The van der Waals surface area contributed by atoms with E-state index in [0.29, 0.717) is 11.8 Å². The Morgan fingerprint density at radius 3 is 2.42 bits per heavy atom. The lowest BCUT2D eigenvalue weighted by atomic mass is 9.97. The third kappa shape index (κ3) is 4.06. The van der Waals surface area contributed by atoms with Crippen molar-refractivity contribution in [3.63, 3.8) is 0 Å². The Balaban J connectivity index is 2.07. The smallest absolute Gasteiger partial charge is 0.234 e. The van der Waals surface area contributed by atoms with E-state index in [1.54, 1.807) is 0 Å². The van der Waals surface area contributed by atoms with Gasteiger partial charge in [-0.15, -0.1) is 0 Å². The van der Waals surface area contributed by atoms with Gasteiger partial charge < -0.3 is 11.1 Å². The summed E-state index contributed by atoms with van der Waals surface area (Å²) < 4.78 is 0. The van der Waals surface area contributed by atoms with Gasteiger partial charge in [0.15, 0.2) is 0 Å². The molecule has 0 aliphatic heterocycles. The Morgan fingerprint density at radius 1 is 1.32 bits per heavy atom. The summed E-state index contributed by atoms with van der Waals surface area (Å²) in [6.07, 6.45) is 3.50. The summed E-state index contributed by atoms with van der Waals surface area (Å²) >= 11 is 0. The third-order valence-corrected chi connectivity index (χ3v) is 3.58. The second-order valence-corrected chi connectivity index (χ2v) is 5.93. The van der Waals surface area contributed by atoms with Crippen LogP contribution in [0.2, 0.25) is 0 Å². The number of hydrogen-bond acceptors (Lipinski definition) is 2. The van der Waals surface area contributed by atoms with Crippen LogP contribution in [0.1, 0.15) is 43.9 Å². The van der Waals surface area contributed by atoms with Crippen LogP contribution >= 0.6 is 0 Å². The first kappa shape index (κ1) is 14.1. The molecule has 1 aromatic rings. The lowest BCUT2D eigenvalue weighted by molar-refractivity contribution is -0.120. The largest absolute Gasteiger partial charge is 0.348 e. The lowest BCUT2D eigenvalue weighted by Gasteiger charge is -2.19. The van der Waals surface area contributed by atoms with Gasteiger partial charge in [-0.2, -0.15) is 0 Å². The van der Waals surface area contributed by atoms with Crippen molar-refractivity contribution < 1.29 is 4.79 Å². The molecule has 0 saturated heterocycles. The maximum Gasteiger partial charge on any atom is 0.234 e. The summed E-state index contributed by atoms with van der Waals surface area (Å²) in [7, 11) is 0. The van der Waals surface area contributed by atoms with Crippen LogP contribution in [0.15, 0.2) is 24.3 Å². The van der Waals surface area contributed by atoms with Gasteiger partial charge in [0, 0.05) is 0 Å². The molecular formula is C16H24N2O. The van der Waals surface area contributed by atoms with Gasteiger partial charge in [-0.1, -0.05) is 38.1 Å². The highest BCUT2D eigenvalue weighted by Gasteiger charge is 2.33. The van der Waals surface area contributed by atoms with Gasteiger partial charge in [0.1, 0.15) is 0 Å². The number of nitrogens with two attached hydrogens (primary N) is 1. The molecule has 0 heterocycles. The van der Waals surface area contributed by atoms with Crippen molar-refractivity contribution in [2.75, 3.05) is 6.54 Å². The summed E-state index contributed by atoms with van der Waals surface area (Å²) in [6, 6.07) is 8.80. The molecule has 1 aliphatic carbocycles. The molecule has 104 valence electrons. The van der Waals surface area contributed by atoms with Crippen molar-refractivity contribution >= 4 is 5.91 Å². The normalized spacial score (nSPS) is 16.4. The summed E-state index contributed by atoms with van der Waals surface area (Å²) in [6.45, 7) is 4.51. The molecule has 3 heteroatoms. The molecule has 1 aliphatic rings. The van der Waals surface area contributed by atoms with E-state index in [-0.39, 0.29) is 18.5 Å². The van der Waals surface area contributed by atoms with Crippen molar-refractivity contribution in [3.05, 3.63) is 35.4 Å². The Morgan fingerprint density at radius 2 is 1.95 bits per heavy atom. The zero-order chi connectivity index (χ0) is 13.8. The Labute approximate surface area is 115 Å². The van der Waals surface area contributed by atoms with Crippen molar-refractivity contribution in [2.24, 2.45) is 17.6 Å². The lowest BCUT2D eigenvalue weighted by Crippen LogP contribution is -2.34. The molecular weight excluding hydrogens is 236 g/mol. The second kappa shape index (κ2) is 6.20. The molecule has 3 nitrogen and oxygen atoms in total. The molecule has 1 saturated carbocycles. The van der Waals surface area contributed by atoms with E-state index >= 15 is 0 Å². The molecule has 1 fully saturated rings. The second-order valence-electron chi connectivity index (χ2n) is 5.93. The summed E-state index contributed by atoms with van der Waals surface area (Å²) in [5.74, 6) is 1.19. The van der Waals surface area contributed by atoms with Crippen LogP contribution in [0.4, 0.5) is 0 Å². The number of rotatable bonds is 6.